The van der Waals surface area contributed by atoms with Gasteiger partial charge in [-0.1, -0.05) is 31.2 Å². The number of quaternary nitrogens is 1. The monoisotopic (exact) mass is 344 g/mol. The van der Waals surface area contributed by atoms with E-state index in [0.717, 1.165) is 16.1 Å². The molecule has 0 aliphatic rings. The molecule has 132 valence electrons. The maximum absolute atomic E-state index is 10.4. The lowest BCUT2D eigenvalue weighted by Gasteiger charge is -2.22. The predicted molar refractivity (Wildman–Crippen MR) is 91.7 cm³/mol. The molecule has 0 radical (unpaired) electrons. The van der Waals surface area contributed by atoms with Crippen LogP contribution in [0.15, 0.2) is 41.8 Å². The maximum Gasteiger partial charge on any atom is 0.240 e. The smallest absolute Gasteiger partial charge is 0.240 e. The van der Waals surface area contributed by atoms with Gasteiger partial charge in [0, 0.05) is 0 Å². The molecule has 0 atom stereocenters. The van der Waals surface area contributed by atoms with Crippen LogP contribution in [0.5, 0.6) is 0 Å². The summed E-state index contributed by atoms with van der Waals surface area (Å²) in [6.45, 7) is 8.40. The van der Waals surface area contributed by atoms with Crippen molar-refractivity contribution in [1.82, 2.24) is 0 Å². The van der Waals surface area contributed by atoms with E-state index in [1.807, 2.05) is 6.92 Å². The molecule has 1 aromatic rings. The highest BCUT2D eigenvalue weighted by atomic mass is 32.2. The van der Waals surface area contributed by atoms with E-state index in [2.05, 4.69) is 40.4 Å². The fourth-order valence-electron chi connectivity index (χ4n) is 1.38. The number of hydrogen-bond donors (Lipinski definition) is 1. The molecular weight excluding hydrogens is 316 g/mol. The summed E-state index contributed by atoms with van der Waals surface area (Å²) in [7, 11) is 2.37. The van der Waals surface area contributed by atoms with Gasteiger partial charge in [0.1, 0.15) is 10.1 Å². The number of hydrogen-bond acceptors (Lipinski definition) is 4. The quantitative estimate of drug-likeness (QED) is 0.510. The van der Waals surface area contributed by atoms with Crippen LogP contribution in [0.25, 0.3) is 0 Å². The van der Waals surface area contributed by atoms with Crippen LogP contribution in [0, 0.1) is 6.92 Å². The van der Waals surface area contributed by atoms with Crippen LogP contribution in [-0.2, 0) is 14.9 Å². The van der Waals surface area contributed by atoms with Crippen molar-refractivity contribution in [2.24, 2.45) is 5.73 Å². The van der Waals surface area contributed by atoms with Gasteiger partial charge in [-0.3, -0.25) is 4.79 Å². The topological polar surface area (TPSA) is 100 Å². The summed E-state index contributed by atoms with van der Waals surface area (Å²) in [5, 5.41) is 0. The second-order valence-electron chi connectivity index (χ2n) is 5.89. The molecule has 1 aromatic carbocycles. The largest absolute Gasteiger partial charge is 0.744 e. The van der Waals surface area contributed by atoms with Crippen LogP contribution in [0.3, 0.4) is 0 Å². The van der Waals surface area contributed by atoms with Crippen LogP contribution in [0.1, 0.15) is 18.9 Å². The molecule has 0 unspecified atom stereocenters. The molecule has 0 heterocycles. The number of primary amides is 1. The maximum atomic E-state index is 10.4. The van der Waals surface area contributed by atoms with Gasteiger partial charge >= 0.3 is 0 Å². The average molecular weight is 344 g/mol. The molecule has 0 aromatic heterocycles. The van der Waals surface area contributed by atoms with Crippen molar-refractivity contribution in [2.75, 3.05) is 27.7 Å². The van der Waals surface area contributed by atoms with E-state index in [1.54, 1.807) is 12.1 Å². The van der Waals surface area contributed by atoms with Gasteiger partial charge in [-0.25, -0.2) is 8.42 Å². The zero-order valence-corrected chi connectivity index (χ0v) is 15.4. The van der Waals surface area contributed by atoms with Crippen LogP contribution in [0.4, 0.5) is 0 Å². The predicted octanol–water partition coefficient (Wildman–Crippen LogP) is 1.66. The van der Waals surface area contributed by atoms with Crippen LogP contribution in [0.2, 0.25) is 0 Å². The summed E-state index contributed by atoms with van der Waals surface area (Å²) in [5.41, 5.74) is 5.46. The molecule has 2 N–H and O–H groups in total. The van der Waals surface area contributed by atoms with Gasteiger partial charge in [0.25, 0.3) is 0 Å². The molecule has 0 saturated carbocycles. The van der Waals surface area contributed by atoms with Crippen molar-refractivity contribution in [2.45, 2.75) is 25.2 Å². The molecule has 0 spiro atoms. The van der Waals surface area contributed by atoms with Gasteiger partial charge in [-0.05, 0) is 31.6 Å². The number of nitrogens with zero attached hydrogens (tertiary/aromatic N) is 1. The highest BCUT2D eigenvalue weighted by Crippen LogP contribution is 2.08. The van der Waals surface area contributed by atoms with Crippen molar-refractivity contribution in [3.8, 4) is 0 Å². The van der Waals surface area contributed by atoms with E-state index < -0.39 is 16.0 Å². The first-order valence-electron chi connectivity index (χ1n) is 7.08. The van der Waals surface area contributed by atoms with Gasteiger partial charge in [-0.2, -0.15) is 0 Å². The fraction of sp³-hybridized carbons (Fsp3) is 0.438. The van der Waals surface area contributed by atoms with Gasteiger partial charge < -0.3 is 14.8 Å². The Bertz CT molecular complexity index is 573. The Kier molecular flexibility index (Phi) is 11.2. The average Bonchev–Trinajstić information content (AvgIpc) is 2.38. The lowest BCUT2D eigenvalue weighted by atomic mass is 10.2. The second kappa shape index (κ2) is 10.9. The number of amides is 1. The molecule has 7 heteroatoms. The second-order valence-corrected chi connectivity index (χ2v) is 7.27. The first kappa shape index (κ1) is 23.6. The number of rotatable bonds is 4. The van der Waals surface area contributed by atoms with Crippen molar-refractivity contribution >= 4 is 16.0 Å². The standard InChI is InChI=1S/C7H8O3S.C6H16N.C3H5NO/c1-6-2-4-7(5-3-6)11(8,9)10;1-5-6-7(2,3)4;1-2-3(4)5/h2-5H,1H3,(H,8,9,10);5-6H2,1-4H3;2H,1H2,(H2,4,5)/q;+1;/p-1. The van der Waals surface area contributed by atoms with Crippen molar-refractivity contribution in [3.63, 3.8) is 0 Å². The Hall–Kier alpha value is -1.70. The summed E-state index contributed by atoms with van der Waals surface area (Å²) in [4.78, 5) is 9.29. The van der Waals surface area contributed by atoms with Crippen LogP contribution < -0.4 is 5.73 Å². The van der Waals surface area contributed by atoms with E-state index >= 15 is 0 Å². The molecule has 6 nitrogen and oxygen atoms in total. The Morgan fingerprint density at radius 1 is 1.26 bits per heavy atom. The molecule has 0 fully saturated rings. The summed E-state index contributed by atoms with van der Waals surface area (Å²) >= 11 is 0. The number of carbonyl (C=O) groups excluding carboxylic acids is 1. The molecular formula is C16H28N2O4S. The molecule has 0 aliphatic carbocycles. The third kappa shape index (κ3) is 16.5. The molecule has 0 saturated heterocycles. The Morgan fingerprint density at radius 2 is 1.65 bits per heavy atom. The number of aryl methyl sites for hydroxylation is 1. The zero-order chi connectivity index (χ0) is 18.7. The number of nitrogens with two attached hydrogens (primary N) is 1. The molecule has 0 bridgehead atoms. The van der Waals surface area contributed by atoms with Crippen LogP contribution >= 0.6 is 0 Å². The van der Waals surface area contributed by atoms with E-state index in [0.29, 0.717) is 0 Å². The normalized spacial score (nSPS) is 10.5. The SMILES string of the molecule is C=CC(N)=O.CCC[N+](C)(C)C.Cc1ccc(S(=O)(=O)[O-])cc1. The lowest BCUT2D eigenvalue weighted by Crippen LogP contribution is -2.34. The highest BCUT2D eigenvalue weighted by molar-refractivity contribution is 7.85. The van der Waals surface area contributed by atoms with Gasteiger partial charge in [0.15, 0.2) is 0 Å². The third-order valence-electron chi connectivity index (χ3n) is 2.41. The Morgan fingerprint density at radius 3 is 1.83 bits per heavy atom. The van der Waals surface area contributed by atoms with E-state index in [1.165, 1.54) is 25.1 Å². The van der Waals surface area contributed by atoms with Gasteiger partial charge in [0.05, 0.1) is 32.6 Å². The zero-order valence-electron chi connectivity index (χ0n) is 14.6. The highest BCUT2D eigenvalue weighted by Gasteiger charge is 2.01. The van der Waals surface area contributed by atoms with Crippen molar-refractivity contribution < 1.29 is 22.2 Å². The van der Waals surface area contributed by atoms with E-state index in [-0.39, 0.29) is 4.90 Å². The molecule has 1 rings (SSSR count). The Balaban J connectivity index is 0. The number of carbonyl (C=O) groups is 1. The van der Waals surface area contributed by atoms with Crippen molar-refractivity contribution in [3.05, 3.63) is 42.5 Å². The summed E-state index contributed by atoms with van der Waals surface area (Å²) in [6, 6.07) is 5.78. The van der Waals surface area contributed by atoms with Crippen LogP contribution in [-0.4, -0.2) is 51.0 Å². The molecule has 1 amide bonds. The molecule has 0 aliphatic heterocycles. The fourth-order valence-corrected chi connectivity index (χ4v) is 1.85. The lowest BCUT2D eigenvalue weighted by molar-refractivity contribution is -0.870. The minimum Gasteiger partial charge on any atom is -0.744 e. The van der Waals surface area contributed by atoms with E-state index in [4.69, 9.17) is 0 Å². The van der Waals surface area contributed by atoms with Gasteiger partial charge in [-0.15, -0.1) is 0 Å². The summed E-state index contributed by atoms with van der Waals surface area (Å²) in [6.07, 6.45) is 2.34. The third-order valence-corrected chi connectivity index (χ3v) is 3.25. The van der Waals surface area contributed by atoms with Crippen molar-refractivity contribution in [1.29, 1.82) is 0 Å². The molecule has 23 heavy (non-hydrogen) atoms. The Labute approximate surface area is 140 Å². The number of benzene rings is 1. The summed E-state index contributed by atoms with van der Waals surface area (Å²) in [5.74, 6) is -0.481. The van der Waals surface area contributed by atoms with E-state index in [9.17, 15) is 17.8 Å². The van der Waals surface area contributed by atoms with Gasteiger partial charge in [0.2, 0.25) is 5.91 Å². The minimum absolute atomic E-state index is 0.178. The summed E-state index contributed by atoms with van der Waals surface area (Å²) < 4.78 is 32.3. The first-order chi connectivity index (χ1) is 10.3. The minimum atomic E-state index is -4.27. The first-order valence-corrected chi connectivity index (χ1v) is 8.49.